The van der Waals surface area contributed by atoms with Crippen molar-refractivity contribution < 1.29 is 9.53 Å². The molecule has 0 saturated heterocycles. The molecule has 0 aliphatic rings. The molecule has 2 aromatic heterocycles. The van der Waals surface area contributed by atoms with E-state index in [-0.39, 0.29) is 5.78 Å². The second-order valence-electron chi connectivity index (χ2n) is 4.76. The van der Waals surface area contributed by atoms with Gasteiger partial charge in [-0.25, -0.2) is 0 Å². The number of carbonyl (C=O) groups is 1. The molecule has 0 radical (unpaired) electrons. The van der Waals surface area contributed by atoms with E-state index in [1.165, 1.54) is 0 Å². The molecule has 0 unspecified atom stereocenters. The Morgan fingerprint density at radius 1 is 1.35 bits per heavy atom. The van der Waals surface area contributed by atoms with E-state index in [1.54, 1.807) is 23.1 Å². The van der Waals surface area contributed by atoms with Gasteiger partial charge in [0.1, 0.15) is 5.75 Å². The lowest BCUT2D eigenvalue weighted by atomic mass is 10.0. The standard InChI is InChI=1S/C15H19N3O2/c1-5-6-20-13-7-12(8-16-9-13)15(19)14-10(2)17-18(4)11(14)3/h7-9H,5-6H2,1-4H3. The van der Waals surface area contributed by atoms with Gasteiger partial charge in [-0.15, -0.1) is 0 Å². The van der Waals surface area contributed by atoms with Crippen molar-refractivity contribution >= 4 is 5.78 Å². The minimum atomic E-state index is -0.0671. The lowest BCUT2D eigenvalue weighted by Crippen LogP contribution is -2.06. The molecule has 2 rings (SSSR count). The first-order valence-corrected chi connectivity index (χ1v) is 6.67. The summed E-state index contributed by atoms with van der Waals surface area (Å²) < 4.78 is 7.23. The molecule has 0 aliphatic heterocycles. The van der Waals surface area contributed by atoms with Crippen LogP contribution in [0, 0.1) is 13.8 Å². The summed E-state index contributed by atoms with van der Waals surface area (Å²) in [6.07, 6.45) is 4.10. The Morgan fingerprint density at radius 3 is 2.70 bits per heavy atom. The van der Waals surface area contributed by atoms with E-state index in [1.807, 2.05) is 27.8 Å². The normalized spacial score (nSPS) is 10.6. The van der Waals surface area contributed by atoms with Crippen LogP contribution in [0.25, 0.3) is 0 Å². The fraction of sp³-hybridized carbons (Fsp3) is 0.400. The molecular formula is C15H19N3O2. The van der Waals surface area contributed by atoms with Gasteiger partial charge in [0.05, 0.1) is 24.1 Å². The summed E-state index contributed by atoms with van der Waals surface area (Å²) in [5, 5.41) is 4.27. The number of aromatic nitrogens is 3. The highest BCUT2D eigenvalue weighted by Gasteiger charge is 2.19. The largest absolute Gasteiger partial charge is 0.492 e. The fourth-order valence-electron chi connectivity index (χ4n) is 2.09. The third kappa shape index (κ3) is 2.71. The zero-order valence-electron chi connectivity index (χ0n) is 12.3. The SMILES string of the molecule is CCCOc1cncc(C(=O)c2c(C)nn(C)c2C)c1. The van der Waals surface area contributed by atoms with Crippen molar-refractivity contribution in [1.29, 1.82) is 0 Å². The van der Waals surface area contributed by atoms with Crippen LogP contribution in [0.3, 0.4) is 0 Å². The Labute approximate surface area is 118 Å². The molecule has 20 heavy (non-hydrogen) atoms. The summed E-state index contributed by atoms with van der Waals surface area (Å²) in [5.41, 5.74) is 2.75. The van der Waals surface area contributed by atoms with Gasteiger partial charge in [-0.2, -0.15) is 5.10 Å². The van der Waals surface area contributed by atoms with Crippen molar-refractivity contribution in [2.45, 2.75) is 27.2 Å². The molecule has 0 saturated carbocycles. The van der Waals surface area contributed by atoms with Crippen molar-refractivity contribution in [3.8, 4) is 5.75 Å². The summed E-state index contributed by atoms with van der Waals surface area (Å²) in [5.74, 6) is 0.555. The molecule has 5 heteroatoms. The molecule has 2 aromatic rings. The first-order valence-electron chi connectivity index (χ1n) is 6.67. The molecule has 0 fully saturated rings. The Kier molecular flexibility index (Phi) is 4.17. The number of rotatable bonds is 5. The van der Waals surface area contributed by atoms with Gasteiger partial charge in [0.15, 0.2) is 5.78 Å². The number of carbonyl (C=O) groups excluding carboxylic acids is 1. The Morgan fingerprint density at radius 2 is 2.10 bits per heavy atom. The quantitative estimate of drug-likeness (QED) is 0.785. The first kappa shape index (κ1) is 14.2. The molecule has 2 heterocycles. The predicted molar refractivity (Wildman–Crippen MR) is 76.1 cm³/mol. The maximum Gasteiger partial charge on any atom is 0.198 e. The summed E-state index contributed by atoms with van der Waals surface area (Å²) in [6, 6.07) is 1.73. The van der Waals surface area contributed by atoms with Crippen molar-refractivity contribution in [3.05, 3.63) is 41.0 Å². The van der Waals surface area contributed by atoms with Crippen LogP contribution in [-0.4, -0.2) is 27.2 Å². The van der Waals surface area contributed by atoms with Gasteiger partial charge >= 0.3 is 0 Å². The van der Waals surface area contributed by atoms with Gasteiger partial charge < -0.3 is 4.74 Å². The van der Waals surface area contributed by atoms with E-state index in [9.17, 15) is 4.79 Å². The third-order valence-electron chi connectivity index (χ3n) is 3.18. The lowest BCUT2D eigenvalue weighted by molar-refractivity contribution is 0.103. The van der Waals surface area contributed by atoms with E-state index in [0.29, 0.717) is 23.5 Å². The second-order valence-corrected chi connectivity index (χ2v) is 4.76. The number of hydrogen-bond donors (Lipinski definition) is 0. The molecule has 0 atom stereocenters. The summed E-state index contributed by atoms with van der Waals surface area (Å²) in [6.45, 7) is 6.37. The Balaban J connectivity index is 2.33. The van der Waals surface area contributed by atoms with E-state index < -0.39 is 0 Å². The van der Waals surface area contributed by atoms with Crippen molar-refractivity contribution in [2.24, 2.45) is 7.05 Å². The highest BCUT2D eigenvalue weighted by atomic mass is 16.5. The fourth-order valence-corrected chi connectivity index (χ4v) is 2.09. The highest BCUT2D eigenvalue weighted by molar-refractivity contribution is 6.10. The summed E-state index contributed by atoms with van der Waals surface area (Å²) in [4.78, 5) is 16.7. The van der Waals surface area contributed by atoms with Crippen LogP contribution in [0.15, 0.2) is 18.5 Å². The Hall–Kier alpha value is -2.17. The maximum atomic E-state index is 12.6. The van der Waals surface area contributed by atoms with E-state index in [0.717, 1.165) is 17.8 Å². The number of ether oxygens (including phenoxy) is 1. The number of hydrogen-bond acceptors (Lipinski definition) is 4. The average Bonchev–Trinajstić information content (AvgIpc) is 2.69. The average molecular weight is 273 g/mol. The van der Waals surface area contributed by atoms with Crippen LogP contribution in [-0.2, 0) is 7.05 Å². The van der Waals surface area contributed by atoms with Crippen LogP contribution < -0.4 is 4.74 Å². The molecule has 0 amide bonds. The van der Waals surface area contributed by atoms with Crippen molar-refractivity contribution in [1.82, 2.24) is 14.8 Å². The second kappa shape index (κ2) is 5.86. The maximum absolute atomic E-state index is 12.6. The van der Waals surface area contributed by atoms with Gasteiger partial charge in [0, 0.05) is 24.5 Å². The van der Waals surface area contributed by atoms with Crippen LogP contribution in [0.4, 0.5) is 0 Å². The lowest BCUT2D eigenvalue weighted by Gasteiger charge is -2.06. The topological polar surface area (TPSA) is 57.0 Å². The van der Waals surface area contributed by atoms with E-state index >= 15 is 0 Å². The molecule has 5 nitrogen and oxygen atoms in total. The number of ketones is 1. The minimum absolute atomic E-state index is 0.0671. The van der Waals surface area contributed by atoms with Gasteiger partial charge in [0.2, 0.25) is 0 Å². The van der Waals surface area contributed by atoms with Crippen LogP contribution >= 0.6 is 0 Å². The Bertz CT molecular complexity index is 632. The molecule has 0 bridgehead atoms. The van der Waals surface area contributed by atoms with Gasteiger partial charge in [-0.3, -0.25) is 14.5 Å². The number of pyridine rings is 1. The summed E-state index contributed by atoms with van der Waals surface area (Å²) in [7, 11) is 1.83. The summed E-state index contributed by atoms with van der Waals surface area (Å²) >= 11 is 0. The van der Waals surface area contributed by atoms with Crippen molar-refractivity contribution in [3.63, 3.8) is 0 Å². The first-order chi connectivity index (χ1) is 9.54. The molecule has 106 valence electrons. The molecule has 0 aliphatic carbocycles. The smallest absolute Gasteiger partial charge is 0.198 e. The van der Waals surface area contributed by atoms with Crippen molar-refractivity contribution in [2.75, 3.05) is 6.61 Å². The van der Waals surface area contributed by atoms with Crippen LogP contribution in [0.1, 0.15) is 40.7 Å². The van der Waals surface area contributed by atoms with Crippen LogP contribution in [0.5, 0.6) is 5.75 Å². The van der Waals surface area contributed by atoms with E-state index in [2.05, 4.69) is 10.1 Å². The molecular weight excluding hydrogens is 254 g/mol. The predicted octanol–water partition coefficient (Wildman–Crippen LogP) is 2.45. The van der Waals surface area contributed by atoms with Gasteiger partial charge in [-0.05, 0) is 26.3 Å². The third-order valence-corrected chi connectivity index (χ3v) is 3.18. The molecule has 0 aromatic carbocycles. The van der Waals surface area contributed by atoms with Gasteiger partial charge in [0.25, 0.3) is 0 Å². The van der Waals surface area contributed by atoms with Crippen LogP contribution in [0.2, 0.25) is 0 Å². The molecule has 0 N–H and O–H groups in total. The monoisotopic (exact) mass is 273 g/mol. The minimum Gasteiger partial charge on any atom is -0.492 e. The molecule has 0 spiro atoms. The number of nitrogens with zero attached hydrogens (tertiary/aromatic N) is 3. The number of aryl methyl sites for hydroxylation is 2. The highest BCUT2D eigenvalue weighted by Crippen LogP contribution is 2.19. The zero-order valence-corrected chi connectivity index (χ0v) is 12.3. The zero-order chi connectivity index (χ0) is 14.7. The van der Waals surface area contributed by atoms with Gasteiger partial charge in [-0.1, -0.05) is 6.92 Å². The van der Waals surface area contributed by atoms with E-state index in [4.69, 9.17) is 4.74 Å².